The van der Waals surface area contributed by atoms with Crippen LogP contribution in [-0.2, 0) is 14.3 Å². The number of methoxy groups -OCH3 is 1. The van der Waals surface area contributed by atoms with Gasteiger partial charge in [0.2, 0.25) is 0 Å². The zero-order chi connectivity index (χ0) is 17.1. The normalized spacial score (nSPS) is 15.4. The molecule has 2 amide bonds. The fraction of sp³-hybridized carbons (Fsp3) is 0.533. The van der Waals surface area contributed by atoms with E-state index in [4.69, 9.17) is 4.74 Å². The summed E-state index contributed by atoms with van der Waals surface area (Å²) in [4.78, 5) is 38.5. The van der Waals surface area contributed by atoms with Gasteiger partial charge < -0.3 is 20.1 Å². The van der Waals surface area contributed by atoms with Crippen LogP contribution < -0.4 is 5.32 Å². The number of hydrogen-bond donors (Lipinski definition) is 2. The van der Waals surface area contributed by atoms with E-state index in [9.17, 15) is 19.5 Å². The topological polar surface area (TPSA) is 95.9 Å². The molecule has 1 fully saturated rings. The van der Waals surface area contributed by atoms with Crippen LogP contribution in [0.5, 0.6) is 0 Å². The molecule has 2 N–H and O–H groups in total. The SMILES string of the molecule is COC(=O)c1c(NC(=O)C(=O)N2CCC(O)CC2)sc(C)c1C. The van der Waals surface area contributed by atoms with E-state index in [0.717, 1.165) is 10.4 Å². The van der Waals surface area contributed by atoms with E-state index in [1.54, 1.807) is 6.92 Å². The van der Waals surface area contributed by atoms with Gasteiger partial charge in [0.05, 0.1) is 18.8 Å². The zero-order valence-electron chi connectivity index (χ0n) is 13.3. The van der Waals surface area contributed by atoms with Gasteiger partial charge in [-0.3, -0.25) is 9.59 Å². The van der Waals surface area contributed by atoms with Crippen molar-refractivity contribution >= 4 is 34.1 Å². The van der Waals surface area contributed by atoms with Crippen LogP contribution in [0.25, 0.3) is 0 Å². The number of nitrogens with one attached hydrogen (secondary N) is 1. The Balaban J connectivity index is 2.12. The second-order valence-corrected chi connectivity index (χ2v) is 6.68. The van der Waals surface area contributed by atoms with Crippen molar-refractivity contribution in [3.05, 3.63) is 16.0 Å². The molecular weight excluding hydrogens is 320 g/mol. The summed E-state index contributed by atoms with van der Waals surface area (Å²) in [6, 6.07) is 0. The molecule has 126 valence electrons. The molecule has 0 radical (unpaired) electrons. The molecule has 0 unspecified atom stereocenters. The highest BCUT2D eigenvalue weighted by atomic mass is 32.1. The molecule has 0 spiro atoms. The third kappa shape index (κ3) is 3.70. The largest absolute Gasteiger partial charge is 0.465 e. The van der Waals surface area contributed by atoms with Crippen molar-refractivity contribution in [3.8, 4) is 0 Å². The van der Waals surface area contributed by atoms with E-state index in [1.807, 2.05) is 6.92 Å². The first-order chi connectivity index (χ1) is 10.8. The maximum atomic E-state index is 12.2. The van der Waals surface area contributed by atoms with Crippen LogP contribution in [0.3, 0.4) is 0 Å². The van der Waals surface area contributed by atoms with E-state index in [-0.39, 0.29) is 5.56 Å². The van der Waals surface area contributed by atoms with Crippen LogP contribution in [0.1, 0.15) is 33.6 Å². The van der Waals surface area contributed by atoms with Crippen LogP contribution in [0.2, 0.25) is 0 Å². The number of carbonyl (C=O) groups excluding carboxylic acids is 3. The molecule has 0 saturated carbocycles. The average Bonchev–Trinajstić information content (AvgIpc) is 2.81. The lowest BCUT2D eigenvalue weighted by Crippen LogP contribution is -2.45. The van der Waals surface area contributed by atoms with Gasteiger partial charge in [-0.25, -0.2) is 4.79 Å². The van der Waals surface area contributed by atoms with Gasteiger partial charge in [0.15, 0.2) is 0 Å². The quantitative estimate of drug-likeness (QED) is 0.620. The second kappa shape index (κ2) is 7.10. The number of piperidine rings is 1. The van der Waals surface area contributed by atoms with Crippen molar-refractivity contribution in [1.82, 2.24) is 4.90 Å². The van der Waals surface area contributed by atoms with Gasteiger partial charge in [0.25, 0.3) is 0 Å². The van der Waals surface area contributed by atoms with Crippen LogP contribution in [0.15, 0.2) is 0 Å². The third-order valence-corrected chi connectivity index (χ3v) is 5.07. The maximum absolute atomic E-state index is 12.2. The Hall–Kier alpha value is -1.93. The van der Waals surface area contributed by atoms with Crippen molar-refractivity contribution in [3.63, 3.8) is 0 Å². The Morgan fingerprint density at radius 1 is 1.26 bits per heavy atom. The number of esters is 1. The zero-order valence-corrected chi connectivity index (χ0v) is 14.2. The smallest absolute Gasteiger partial charge is 0.341 e. The fourth-order valence-corrected chi connectivity index (χ4v) is 3.48. The lowest BCUT2D eigenvalue weighted by molar-refractivity contribution is -0.144. The van der Waals surface area contributed by atoms with Crippen LogP contribution >= 0.6 is 11.3 Å². The number of nitrogens with zero attached hydrogens (tertiary/aromatic N) is 1. The van der Waals surface area contributed by atoms with Crippen molar-refractivity contribution in [2.45, 2.75) is 32.8 Å². The molecule has 1 aromatic heterocycles. The first-order valence-electron chi connectivity index (χ1n) is 7.31. The molecule has 0 aliphatic carbocycles. The van der Waals surface area contributed by atoms with Crippen molar-refractivity contribution in [1.29, 1.82) is 0 Å². The molecule has 2 heterocycles. The van der Waals surface area contributed by atoms with E-state index in [1.165, 1.54) is 23.3 Å². The predicted octanol–water partition coefficient (Wildman–Crippen LogP) is 1.07. The Morgan fingerprint density at radius 3 is 2.43 bits per heavy atom. The van der Waals surface area contributed by atoms with Crippen molar-refractivity contribution in [2.75, 3.05) is 25.5 Å². The van der Waals surface area contributed by atoms with E-state index < -0.39 is 23.9 Å². The van der Waals surface area contributed by atoms with E-state index in [0.29, 0.717) is 30.9 Å². The molecule has 1 aliphatic heterocycles. The predicted molar refractivity (Wildman–Crippen MR) is 85.6 cm³/mol. The maximum Gasteiger partial charge on any atom is 0.341 e. The lowest BCUT2D eigenvalue weighted by atomic mass is 10.1. The number of ether oxygens (including phenoxy) is 1. The number of likely N-dealkylation sites (tertiary alicyclic amines) is 1. The van der Waals surface area contributed by atoms with Gasteiger partial charge in [-0.05, 0) is 32.3 Å². The van der Waals surface area contributed by atoms with Crippen molar-refractivity contribution in [2.24, 2.45) is 0 Å². The molecule has 2 rings (SSSR count). The molecule has 0 atom stereocenters. The van der Waals surface area contributed by atoms with Crippen LogP contribution in [0, 0.1) is 13.8 Å². The summed E-state index contributed by atoms with van der Waals surface area (Å²) in [6.45, 7) is 4.29. The molecule has 7 nitrogen and oxygen atoms in total. The lowest BCUT2D eigenvalue weighted by Gasteiger charge is -2.28. The molecule has 1 aromatic rings. The first-order valence-corrected chi connectivity index (χ1v) is 8.13. The summed E-state index contributed by atoms with van der Waals surface area (Å²) in [7, 11) is 1.27. The highest BCUT2D eigenvalue weighted by Crippen LogP contribution is 2.33. The minimum absolute atomic E-state index is 0.283. The highest BCUT2D eigenvalue weighted by Gasteiger charge is 2.28. The standard InChI is InChI=1S/C15H20N2O5S/c1-8-9(2)23-13(11(8)15(21)22-3)16-12(19)14(20)17-6-4-10(18)5-7-17/h10,18H,4-7H2,1-3H3,(H,16,19). The Morgan fingerprint density at radius 2 is 1.87 bits per heavy atom. The van der Waals surface area contributed by atoms with Gasteiger partial charge in [-0.1, -0.05) is 0 Å². The highest BCUT2D eigenvalue weighted by molar-refractivity contribution is 7.17. The minimum Gasteiger partial charge on any atom is -0.465 e. The number of aliphatic hydroxyl groups is 1. The number of aliphatic hydroxyl groups excluding tert-OH is 1. The molecule has 23 heavy (non-hydrogen) atoms. The molecule has 0 aromatic carbocycles. The molecular formula is C15H20N2O5S. The van der Waals surface area contributed by atoms with Gasteiger partial charge in [0, 0.05) is 18.0 Å². The number of aryl methyl sites for hydroxylation is 1. The number of amides is 2. The van der Waals surface area contributed by atoms with E-state index in [2.05, 4.69) is 5.32 Å². The second-order valence-electron chi connectivity index (χ2n) is 5.46. The summed E-state index contributed by atoms with van der Waals surface area (Å²) in [5.74, 6) is -1.99. The molecule has 8 heteroatoms. The number of carbonyl (C=O) groups is 3. The van der Waals surface area contributed by atoms with Gasteiger partial charge >= 0.3 is 17.8 Å². The average molecular weight is 340 g/mol. The monoisotopic (exact) mass is 340 g/mol. The Labute approximate surface area is 138 Å². The number of anilines is 1. The number of hydrogen-bond acceptors (Lipinski definition) is 6. The third-order valence-electron chi connectivity index (χ3n) is 3.95. The van der Waals surface area contributed by atoms with Crippen molar-refractivity contribution < 1.29 is 24.2 Å². The minimum atomic E-state index is -0.784. The molecule has 1 aliphatic rings. The summed E-state index contributed by atoms with van der Waals surface area (Å²) in [5, 5.41) is 12.3. The van der Waals surface area contributed by atoms with E-state index >= 15 is 0 Å². The summed E-state index contributed by atoms with van der Waals surface area (Å²) < 4.78 is 4.73. The fourth-order valence-electron chi connectivity index (χ4n) is 2.43. The van der Waals surface area contributed by atoms with Crippen LogP contribution in [-0.4, -0.2) is 54.1 Å². The Bertz CT molecular complexity index is 632. The number of thiophene rings is 1. The summed E-state index contributed by atoms with van der Waals surface area (Å²) >= 11 is 1.23. The van der Waals surface area contributed by atoms with Gasteiger partial charge in [0.1, 0.15) is 5.00 Å². The molecule has 1 saturated heterocycles. The van der Waals surface area contributed by atoms with Gasteiger partial charge in [-0.15, -0.1) is 11.3 Å². The summed E-state index contributed by atoms with van der Waals surface area (Å²) in [6.07, 6.45) is 0.503. The van der Waals surface area contributed by atoms with Gasteiger partial charge in [-0.2, -0.15) is 0 Å². The molecule has 0 bridgehead atoms. The Kier molecular flexibility index (Phi) is 5.38. The summed E-state index contributed by atoms with van der Waals surface area (Å²) in [5.41, 5.74) is 1.01. The van der Waals surface area contributed by atoms with Crippen LogP contribution in [0.4, 0.5) is 5.00 Å². The number of rotatable bonds is 2. The first kappa shape index (κ1) is 17.4.